The Labute approximate surface area is 454 Å². The van der Waals surface area contributed by atoms with Gasteiger partial charge < -0.3 is 14.5 Å². The van der Waals surface area contributed by atoms with Crippen LogP contribution in [0.25, 0.3) is 72.1 Å². The van der Waals surface area contributed by atoms with E-state index in [-0.39, 0.29) is 16.2 Å². The van der Waals surface area contributed by atoms with Crippen LogP contribution < -0.4 is 14.5 Å². The van der Waals surface area contributed by atoms with E-state index in [1.165, 1.54) is 50.2 Å². The normalized spacial score (nSPS) is 12.9. The van der Waals surface area contributed by atoms with E-state index in [1.54, 1.807) is 0 Å². The Bertz CT molecular complexity index is 3910. The second-order valence-corrected chi connectivity index (χ2v) is 23.7. The molecule has 0 radical (unpaired) electrons. The predicted molar refractivity (Wildman–Crippen MR) is 325 cm³/mol. The Balaban J connectivity index is 0.985. The molecule has 1 aliphatic rings. The highest BCUT2D eigenvalue weighted by Gasteiger charge is 2.32. The molecule has 0 saturated carbocycles. The van der Waals surface area contributed by atoms with Crippen LogP contribution in [-0.4, -0.2) is 16.2 Å². The van der Waals surface area contributed by atoms with Crippen LogP contribution in [0.2, 0.25) is 0 Å². The number of ether oxygens (including phenoxy) is 1. The Morgan fingerprint density at radius 1 is 0.403 bits per heavy atom. The minimum atomic E-state index is -0.171. The first-order chi connectivity index (χ1) is 37.1. The smallest absolute Gasteiger partial charge is 0.137 e. The SMILES string of the molecule is CC(C)(C)c1ccc(-c2cnc(-n3c4ccccc4c4c(-c5ccc(C(C)(C)C)cc5)cc(Oc5cccc(N6CN(c7c(-c8ccccc8)cccc7-c7ccccc7)c7ccccc76)c5)cc43)cc2C(C)(C)C)cc1. The number of anilines is 4. The van der Waals surface area contributed by atoms with Crippen LogP contribution in [0.1, 0.15) is 79.0 Å². The molecule has 0 saturated heterocycles. The van der Waals surface area contributed by atoms with Gasteiger partial charge in [-0.15, -0.1) is 0 Å². The Kier molecular flexibility index (Phi) is 12.3. The van der Waals surface area contributed by atoms with Gasteiger partial charge in [-0.25, -0.2) is 4.98 Å². The van der Waals surface area contributed by atoms with Crippen molar-refractivity contribution in [3.63, 3.8) is 0 Å². The lowest BCUT2D eigenvalue weighted by Crippen LogP contribution is -2.24. The van der Waals surface area contributed by atoms with Crippen LogP contribution in [0.5, 0.6) is 11.5 Å². The number of nitrogens with zero attached hydrogens (tertiary/aromatic N) is 4. The third-order valence-corrected chi connectivity index (χ3v) is 15.4. The quantitative estimate of drug-likeness (QED) is 0.144. The second-order valence-electron chi connectivity index (χ2n) is 23.7. The summed E-state index contributed by atoms with van der Waals surface area (Å²) in [7, 11) is 0. The van der Waals surface area contributed by atoms with Gasteiger partial charge in [0, 0.05) is 51.5 Å². The van der Waals surface area contributed by atoms with Gasteiger partial charge in [0.05, 0.1) is 28.1 Å². The summed E-state index contributed by atoms with van der Waals surface area (Å²) in [5.74, 6) is 2.36. The molecule has 3 heterocycles. The molecular weight excluding hydrogens is 937 g/mol. The average molecular weight is 1000 g/mol. The van der Waals surface area contributed by atoms with Crippen LogP contribution >= 0.6 is 0 Å². The maximum atomic E-state index is 7.18. The monoisotopic (exact) mass is 1000 g/mol. The summed E-state index contributed by atoms with van der Waals surface area (Å²) < 4.78 is 9.52. The molecule has 0 aliphatic carbocycles. The third kappa shape index (κ3) is 9.24. The number of rotatable bonds is 9. The number of hydrogen-bond donors (Lipinski definition) is 0. The Morgan fingerprint density at radius 2 is 0.935 bits per heavy atom. The van der Waals surface area contributed by atoms with Crippen LogP contribution in [0.4, 0.5) is 22.7 Å². The third-order valence-electron chi connectivity index (χ3n) is 15.4. The minimum absolute atomic E-state index is 0.0133. The Hall–Kier alpha value is -8.67. The molecule has 0 fully saturated rings. The van der Waals surface area contributed by atoms with Crippen molar-refractivity contribution in [3.05, 3.63) is 241 Å². The lowest BCUT2D eigenvalue weighted by Gasteiger charge is -2.27. The van der Waals surface area contributed by atoms with Crippen molar-refractivity contribution >= 4 is 44.6 Å². The van der Waals surface area contributed by atoms with Gasteiger partial charge in [0.15, 0.2) is 0 Å². The van der Waals surface area contributed by atoms with E-state index in [0.717, 1.165) is 72.9 Å². The van der Waals surface area contributed by atoms with Crippen LogP contribution in [-0.2, 0) is 16.2 Å². The molecule has 11 aromatic rings. The molecule has 5 heteroatoms. The van der Waals surface area contributed by atoms with Crippen molar-refractivity contribution in [3.8, 4) is 61.8 Å². The summed E-state index contributed by atoms with van der Waals surface area (Å²) in [5.41, 5.74) is 19.6. The minimum Gasteiger partial charge on any atom is -0.457 e. The lowest BCUT2D eigenvalue weighted by molar-refractivity contribution is 0.483. The van der Waals surface area contributed by atoms with E-state index in [2.05, 4.69) is 301 Å². The van der Waals surface area contributed by atoms with Crippen molar-refractivity contribution in [1.29, 1.82) is 0 Å². The fraction of sp³-hybridized carbons (Fsp3) is 0.181. The predicted octanol–water partition coefficient (Wildman–Crippen LogP) is 19.8. The van der Waals surface area contributed by atoms with E-state index in [9.17, 15) is 0 Å². The van der Waals surface area contributed by atoms with Crippen molar-refractivity contribution in [2.75, 3.05) is 16.5 Å². The van der Waals surface area contributed by atoms with E-state index < -0.39 is 0 Å². The highest BCUT2D eigenvalue weighted by atomic mass is 16.5. The highest BCUT2D eigenvalue weighted by molar-refractivity contribution is 6.16. The van der Waals surface area contributed by atoms with Gasteiger partial charge >= 0.3 is 0 Å². The zero-order valence-corrected chi connectivity index (χ0v) is 45.8. The topological polar surface area (TPSA) is 33.5 Å². The fourth-order valence-electron chi connectivity index (χ4n) is 11.3. The maximum Gasteiger partial charge on any atom is 0.137 e. The molecule has 77 heavy (non-hydrogen) atoms. The van der Waals surface area contributed by atoms with Gasteiger partial charge in [0.1, 0.15) is 24.0 Å². The summed E-state index contributed by atoms with van der Waals surface area (Å²) >= 11 is 0. The van der Waals surface area contributed by atoms with Gasteiger partial charge in [-0.2, -0.15) is 0 Å². The van der Waals surface area contributed by atoms with Crippen LogP contribution in [0, 0.1) is 0 Å². The highest BCUT2D eigenvalue weighted by Crippen LogP contribution is 2.51. The first-order valence-corrected chi connectivity index (χ1v) is 27.0. The summed E-state index contributed by atoms with van der Waals surface area (Å²) in [5, 5.41) is 2.32. The summed E-state index contributed by atoms with van der Waals surface area (Å²) in [6.07, 6.45) is 2.08. The van der Waals surface area contributed by atoms with Gasteiger partial charge in [0.25, 0.3) is 0 Å². The molecule has 1 aliphatic heterocycles. The number of hydrogen-bond acceptors (Lipinski definition) is 4. The largest absolute Gasteiger partial charge is 0.457 e. The molecule has 0 N–H and O–H groups in total. The van der Waals surface area contributed by atoms with E-state index in [0.29, 0.717) is 6.67 Å². The average Bonchev–Trinajstić information content (AvgIpc) is 4.19. The molecule has 0 amide bonds. The number of aromatic nitrogens is 2. The first-order valence-electron chi connectivity index (χ1n) is 27.0. The fourth-order valence-corrected chi connectivity index (χ4v) is 11.3. The summed E-state index contributed by atoms with van der Waals surface area (Å²) in [4.78, 5) is 10.2. The van der Waals surface area contributed by atoms with Gasteiger partial charge in [-0.3, -0.25) is 4.57 Å². The second kappa shape index (κ2) is 19.2. The van der Waals surface area contributed by atoms with Crippen LogP contribution in [0.15, 0.2) is 225 Å². The number of para-hydroxylation sites is 4. The lowest BCUT2D eigenvalue weighted by atomic mass is 9.81. The number of fused-ring (bicyclic) bond motifs is 4. The molecule has 0 atom stereocenters. The van der Waals surface area contributed by atoms with E-state index in [4.69, 9.17) is 9.72 Å². The molecule has 9 aromatic carbocycles. The summed E-state index contributed by atoms with van der Waals surface area (Å²) in [6, 6.07) is 79.2. The molecule has 0 unspecified atom stereocenters. The van der Waals surface area contributed by atoms with Crippen molar-refractivity contribution < 1.29 is 4.74 Å². The maximum absolute atomic E-state index is 7.18. The Morgan fingerprint density at radius 3 is 1.53 bits per heavy atom. The number of pyridine rings is 1. The zero-order chi connectivity index (χ0) is 53.2. The molecule has 2 aromatic heterocycles. The molecule has 0 spiro atoms. The van der Waals surface area contributed by atoms with Crippen LogP contribution in [0.3, 0.4) is 0 Å². The van der Waals surface area contributed by atoms with Crippen molar-refractivity contribution in [2.45, 2.75) is 78.6 Å². The van der Waals surface area contributed by atoms with Gasteiger partial charge in [0.2, 0.25) is 0 Å². The van der Waals surface area contributed by atoms with Gasteiger partial charge in [-0.1, -0.05) is 226 Å². The molecule has 0 bridgehead atoms. The molecule has 380 valence electrons. The van der Waals surface area contributed by atoms with E-state index in [1.807, 2.05) is 0 Å². The van der Waals surface area contributed by atoms with E-state index >= 15 is 0 Å². The standard InChI is InChI=1S/C72H66N4O/c1-70(2,3)52-38-34-50(35-39-52)60-43-56(44-66-68(60)59-28-16-17-31-63(59)76(66)67-45-62(72(7,8)9)61(46-73-67)51-36-40-53(41-37-51)71(4,5)6)77-55-27-20-26-54(42-55)74-47-75(65-33-19-18-32-64(65)74)69-57(48-22-12-10-13-23-48)29-21-30-58(69)49-24-14-11-15-25-49/h10-46H,47H2,1-9H3. The molecule has 5 nitrogen and oxygen atoms in total. The van der Waals surface area contributed by atoms with Crippen molar-refractivity contribution in [1.82, 2.24) is 9.55 Å². The zero-order valence-electron chi connectivity index (χ0n) is 45.8. The molecular formula is C72H66N4O. The van der Waals surface area contributed by atoms with Crippen molar-refractivity contribution in [2.24, 2.45) is 0 Å². The first kappa shape index (κ1) is 49.2. The van der Waals surface area contributed by atoms with Gasteiger partial charge in [-0.05, 0) is 103 Å². The molecule has 12 rings (SSSR count). The number of benzene rings is 9. The summed E-state index contributed by atoms with van der Waals surface area (Å²) in [6.45, 7) is 21.1.